The van der Waals surface area contributed by atoms with Gasteiger partial charge in [0.25, 0.3) is 0 Å². The zero-order chi connectivity index (χ0) is 50.1. The number of rotatable bonds is 67. The Bertz CT molecular complexity index is 822. The van der Waals surface area contributed by atoms with Crippen molar-refractivity contribution in [3.63, 3.8) is 0 Å². The van der Waals surface area contributed by atoms with E-state index in [0.29, 0.717) is 258 Å². The van der Waals surface area contributed by atoms with Gasteiger partial charge in [-0.15, -0.1) is 0 Å². The molecule has 0 rings (SSSR count). The maximum atomic E-state index is 8.61. The zero-order valence-corrected chi connectivity index (χ0v) is 43.6. The summed E-state index contributed by atoms with van der Waals surface area (Å²) < 4.78 is 110. The lowest BCUT2D eigenvalue weighted by molar-refractivity contribution is -0.0315. The Morgan fingerprint density at radius 1 is 0.157 bits per heavy atom. The van der Waals surface area contributed by atoms with E-state index in [0.717, 1.165) is 13.0 Å². The molecule has 21 heteroatoms. The van der Waals surface area contributed by atoms with Crippen molar-refractivity contribution in [3.8, 4) is 0 Å². The Hall–Kier alpha value is -0.840. The minimum Gasteiger partial charge on any atom is -0.394 e. The molecule has 0 atom stereocenters. The summed E-state index contributed by atoms with van der Waals surface area (Å²) in [4.78, 5) is 0. The molecule has 0 spiro atoms. The molecule has 0 amide bonds. The molecule has 21 nitrogen and oxygen atoms in total. The van der Waals surface area contributed by atoms with Crippen molar-refractivity contribution in [1.82, 2.24) is 0 Å². The van der Waals surface area contributed by atoms with Gasteiger partial charge in [-0.25, -0.2) is 0 Å². The van der Waals surface area contributed by atoms with Gasteiger partial charge in [-0.3, -0.25) is 0 Å². The molecule has 0 saturated heterocycles. The first-order valence-electron chi connectivity index (χ1n) is 26.1. The molecule has 0 unspecified atom stereocenters. The number of aliphatic hydroxyl groups excluding tert-OH is 1. The molecule has 0 aromatic heterocycles. The summed E-state index contributed by atoms with van der Waals surface area (Å²) in [5.41, 5.74) is 0. The highest BCUT2D eigenvalue weighted by atomic mass is 16.6. The van der Waals surface area contributed by atoms with Crippen molar-refractivity contribution >= 4 is 0 Å². The zero-order valence-electron chi connectivity index (χ0n) is 43.6. The molecule has 0 aliphatic carbocycles. The van der Waals surface area contributed by atoms with Crippen LogP contribution in [0.4, 0.5) is 0 Å². The maximum absolute atomic E-state index is 8.61. The molecular formula is C49H100O21. The predicted octanol–water partition coefficient (Wildman–Crippen LogP) is 3.06. The highest BCUT2D eigenvalue weighted by molar-refractivity contribution is 4.46. The van der Waals surface area contributed by atoms with Crippen LogP contribution in [-0.2, 0) is 94.7 Å². The van der Waals surface area contributed by atoms with Crippen molar-refractivity contribution in [2.45, 2.75) is 51.9 Å². The molecule has 0 fully saturated rings. The molecule has 1 N–H and O–H groups in total. The number of ether oxygens (including phenoxy) is 20. The van der Waals surface area contributed by atoms with Crippen LogP contribution in [0.5, 0.6) is 0 Å². The van der Waals surface area contributed by atoms with E-state index in [1.165, 1.54) is 38.5 Å². The second-order valence-electron chi connectivity index (χ2n) is 15.1. The van der Waals surface area contributed by atoms with Crippen molar-refractivity contribution in [2.75, 3.05) is 271 Å². The Balaban J connectivity index is 3.07. The molecule has 70 heavy (non-hydrogen) atoms. The van der Waals surface area contributed by atoms with E-state index in [4.69, 9.17) is 99.8 Å². The fourth-order valence-corrected chi connectivity index (χ4v) is 5.51. The van der Waals surface area contributed by atoms with Crippen LogP contribution in [0.2, 0.25) is 0 Å². The van der Waals surface area contributed by atoms with E-state index in [-0.39, 0.29) is 6.61 Å². The SMILES string of the molecule is CCCCCCCCCOCCOCCOCCOCCOCCOCCOCCOCCOCCOCCOCCOCCOCCOCCOCCOCCOCCOCCOCCOCCO. The summed E-state index contributed by atoms with van der Waals surface area (Å²) in [7, 11) is 0. The molecule has 422 valence electrons. The molecule has 0 aliphatic heterocycles. The van der Waals surface area contributed by atoms with Crippen LogP contribution in [0, 0.1) is 0 Å². The normalized spacial score (nSPS) is 11.7. The Kier molecular flexibility index (Phi) is 67.3. The van der Waals surface area contributed by atoms with Crippen molar-refractivity contribution < 1.29 is 99.8 Å². The minimum absolute atomic E-state index is 0.0202. The van der Waals surface area contributed by atoms with Gasteiger partial charge < -0.3 is 99.8 Å². The van der Waals surface area contributed by atoms with Gasteiger partial charge in [-0.2, -0.15) is 0 Å². The van der Waals surface area contributed by atoms with E-state index in [1.807, 2.05) is 0 Å². The average Bonchev–Trinajstić information content (AvgIpc) is 3.37. The van der Waals surface area contributed by atoms with Gasteiger partial charge in [-0.05, 0) is 6.42 Å². The topological polar surface area (TPSA) is 205 Å². The van der Waals surface area contributed by atoms with E-state index < -0.39 is 0 Å². The van der Waals surface area contributed by atoms with Crippen LogP contribution in [0.25, 0.3) is 0 Å². The van der Waals surface area contributed by atoms with Gasteiger partial charge in [0, 0.05) is 6.61 Å². The third-order valence-corrected chi connectivity index (χ3v) is 9.20. The average molecular weight is 1030 g/mol. The first-order valence-corrected chi connectivity index (χ1v) is 26.1. The Morgan fingerprint density at radius 3 is 0.443 bits per heavy atom. The van der Waals surface area contributed by atoms with Crippen LogP contribution in [0.1, 0.15) is 51.9 Å². The quantitative estimate of drug-likeness (QED) is 0.0870. The van der Waals surface area contributed by atoms with E-state index in [1.54, 1.807) is 0 Å². The third-order valence-electron chi connectivity index (χ3n) is 9.20. The van der Waals surface area contributed by atoms with Crippen molar-refractivity contribution in [3.05, 3.63) is 0 Å². The minimum atomic E-state index is 0.0202. The Morgan fingerprint density at radius 2 is 0.286 bits per heavy atom. The lowest BCUT2D eigenvalue weighted by Crippen LogP contribution is -2.16. The molecule has 0 aromatic rings. The summed E-state index contributed by atoms with van der Waals surface area (Å²) in [6, 6.07) is 0. The second kappa shape index (κ2) is 68.2. The number of hydrogen-bond acceptors (Lipinski definition) is 21. The highest BCUT2D eigenvalue weighted by Crippen LogP contribution is 2.06. The van der Waals surface area contributed by atoms with Crippen LogP contribution in [-0.4, -0.2) is 276 Å². The van der Waals surface area contributed by atoms with Gasteiger partial charge in [0.2, 0.25) is 0 Å². The maximum Gasteiger partial charge on any atom is 0.0701 e. The van der Waals surface area contributed by atoms with Gasteiger partial charge in [0.15, 0.2) is 0 Å². The number of aliphatic hydroxyl groups is 1. The standard InChI is InChI=1S/C49H100O21/c1-2-3-4-5-6-7-8-10-51-12-14-53-16-18-55-20-22-57-24-26-59-28-30-61-32-34-63-36-38-65-40-42-67-44-46-69-48-49-70-47-45-68-43-41-66-39-37-64-35-33-62-31-29-60-27-25-58-23-21-56-19-17-54-15-13-52-11-9-50/h50H,2-49H2,1H3. The first kappa shape index (κ1) is 69.2. The van der Waals surface area contributed by atoms with E-state index in [9.17, 15) is 0 Å². The van der Waals surface area contributed by atoms with Crippen LogP contribution < -0.4 is 0 Å². The lowest BCUT2D eigenvalue weighted by atomic mass is 10.1. The summed E-state index contributed by atoms with van der Waals surface area (Å²) in [5.74, 6) is 0. The smallest absolute Gasteiger partial charge is 0.0701 e. The van der Waals surface area contributed by atoms with Gasteiger partial charge in [0.05, 0.1) is 264 Å². The summed E-state index contributed by atoms with van der Waals surface area (Å²) >= 11 is 0. The number of hydrogen-bond donors (Lipinski definition) is 1. The predicted molar refractivity (Wildman–Crippen MR) is 261 cm³/mol. The van der Waals surface area contributed by atoms with Crippen LogP contribution in [0.3, 0.4) is 0 Å². The fraction of sp³-hybridized carbons (Fsp3) is 1.00. The van der Waals surface area contributed by atoms with Crippen molar-refractivity contribution in [2.24, 2.45) is 0 Å². The fourth-order valence-electron chi connectivity index (χ4n) is 5.51. The van der Waals surface area contributed by atoms with Crippen LogP contribution in [0.15, 0.2) is 0 Å². The molecule has 0 heterocycles. The van der Waals surface area contributed by atoms with Crippen LogP contribution >= 0.6 is 0 Å². The van der Waals surface area contributed by atoms with E-state index in [2.05, 4.69) is 6.92 Å². The summed E-state index contributed by atoms with van der Waals surface area (Å²) in [6.07, 6.45) is 9.06. The van der Waals surface area contributed by atoms with E-state index >= 15 is 0 Å². The lowest BCUT2D eigenvalue weighted by Gasteiger charge is -2.09. The molecule has 0 saturated carbocycles. The van der Waals surface area contributed by atoms with Gasteiger partial charge in [-0.1, -0.05) is 45.4 Å². The number of unbranched alkanes of at least 4 members (excludes halogenated alkanes) is 6. The molecule has 0 radical (unpaired) electrons. The molecule has 0 aromatic carbocycles. The van der Waals surface area contributed by atoms with Gasteiger partial charge in [0.1, 0.15) is 0 Å². The highest BCUT2D eigenvalue weighted by Gasteiger charge is 2.00. The first-order chi connectivity index (χ1) is 34.9. The summed E-state index contributed by atoms with van der Waals surface area (Å²) in [6.45, 7) is 22.7. The molecular weight excluding hydrogens is 925 g/mol. The monoisotopic (exact) mass is 1020 g/mol. The summed E-state index contributed by atoms with van der Waals surface area (Å²) in [5, 5.41) is 8.61. The van der Waals surface area contributed by atoms with Gasteiger partial charge >= 0.3 is 0 Å². The Labute approximate surface area is 421 Å². The molecule has 0 bridgehead atoms. The van der Waals surface area contributed by atoms with Crippen molar-refractivity contribution in [1.29, 1.82) is 0 Å². The molecule has 0 aliphatic rings. The largest absolute Gasteiger partial charge is 0.394 e. The third kappa shape index (κ3) is 67.2. The second-order valence-corrected chi connectivity index (χ2v) is 15.1.